The summed E-state index contributed by atoms with van der Waals surface area (Å²) in [6.45, 7) is 1.85. The van der Waals surface area contributed by atoms with Gasteiger partial charge in [-0.2, -0.15) is 0 Å². The Kier molecular flexibility index (Phi) is 5.45. The van der Waals surface area contributed by atoms with Gasteiger partial charge in [0.15, 0.2) is 6.54 Å². The summed E-state index contributed by atoms with van der Waals surface area (Å²) in [6.07, 6.45) is 1.45. The molecule has 0 unspecified atom stereocenters. The summed E-state index contributed by atoms with van der Waals surface area (Å²) in [5.41, 5.74) is 5.73. The minimum atomic E-state index is -0.249. The van der Waals surface area contributed by atoms with Crippen molar-refractivity contribution >= 4 is 40.7 Å². The van der Waals surface area contributed by atoms with Gasteiger partial charge in [0.25, 0.3) is 5.91 Å². The van der Waals surface area contributed by atoms with Crippen molar-refractivity contribution in [3.8, 4) is 0 Å². The van der Waals surface area contributed by atoms with Gasteiger partial charge in [0.1, 0.15) is 0 Å². The number of rotatable bonds is 4. The van der Waals surface area contributed by atoms with E-state index in [2.05, 4.69) is 5.32 Å². The number of primary amides is 1. The van der Waals surface area contributed by atoms with Crippen molar-refractivity contribution in [3.63, 3.8) is 0 Å². The van der Waals surface area contributed by atoms with Crippen molar-refractivity contribution in [3.05, 3.63) is 28.2 Å². The number of carbonyl (C=O) groups is 2. The van der Waals surface area contributed by atoms with E-state index < -0.39 is 0 Å². The molecule has 2 amide bonds. The average molecular weight is 331 g/mol. The van der Waals surface area contributed by atoms with Gasteiger partial charge in [0, 0.05) is 18.8 Å². The minimum Gasteiger partial charge on any atom is -0.369 e. The number of para-hydroxylation sites is 1. The Morgan fingerprint density at radius 3 is 2.33 bits per heavy atom. The average Bonchev–Trinajstić information content (AvgIpc) is 2.43. The second-order valence-electron chi connectivity index (χ2n) is 5.25. The molecule has 0 atom stereocenters. The Morgan fingerprint density at radius 2 is 1.81 bits per heavy atom. The molecule has 0 saturated carbocycles. The van der Waals surface area contributed by atoms with Gasteiger partial charge in [-0.15, -0.1) is 0 Å². The van der Waals surface area contributed by atoms with E-state index in [1.54, 1.807) is 18.2 Å². The van der Waals surface area contributed by atoms with Gasteiger partial charge in [0.2, 0.25) is 5.91 Å². The van der Waals surface area contributed by atoms with Crippen LogP contribution in [-0.4, -0.2) is 31.4 Å². The molecule has 0 radical (unpaired) electrons. The monoisotopic (exact) mass is 330 g/mol. The number of anilines is 1. The van der Waals surface area contributed by atoms with Crippen LogP contribution in [0.1, 0.15) is 12.8 Å². The first-order chi connectivity index (χ1) is 9.97. The first kappa shape index (κ1) is 16.1. The summed E-state index contributed by atoms with van der Waals surface area (Å²) in [5, 5.41) is 3.57. The molecule has 21 heavy (non-hydrogen) atoms. The highest BCUT2D eigenvalue weighted by Gasteiger charge is 2.27. The number of carbonyl (C=O) groups excluding carboxylic acids is 2. The van der Waals surface area contributed by atoms with Crippen molar-refractivity contribution in [1.82, 2.24) is 0 Å². The summed E-state index contributed by atoms with van der Waals surface area (Å²) in [5.74, 6) is -0.450. The van der Waals surface area contributed by atoms with Crippen LogP contribution in [0.25, 0.3) is 0 Å². The second-order valence-corrected chi connectivity index (χ2v) is 6.06. The molecule has 1 heterocycles. The highest BCUT2D eigenvalue weighted by atomic mass is 35.5. The first-order valence-electron chi connectivity index (χ1n) is 6.84. The molecule has 1 fully saturated rings. The standard InChI is InChI=1S/C14H17Cl2N3O2/c15-10-2-1-3-11(16)13(10)18-12(20)8-19-6-4-9(5-7-19)14(17)21/h1-3,9H,4-8H2,(H2,17,21)(H,18,20)/p+1. The molecular formula is C14H18Cl2N3O2+. The smallest absolute Gasteiger partial charge is 0.279 e. The lowest BCUT2D eigenvalue weighted by atomic mass is 9.96. The fourth-order valence-electron chi connectivity index (χ4n) is 2.52. The van der Waals surface area contributed by atoms with E-state index in [1.807, 2.05) is 0 Å². The van der Waals surface area contributed by atoms with E-state index in [9.17, 15) is 9.59 Å². The van der Waals surface area contributed by atoms with Gasteiger partial charge < -0.3 is 16.0 Å². The quantitative estimate of drug-likeness (QED) is 0.760. The zero-order valence-corrected chi connectivity index (χ0v) is 13.0. The zero-order chi connectivity index (χ0) is 15.4. The molecule has 1 aromatic rings. The maximum Gasteiger partial charge on any atom is 0.279 e. The Labute approximate surface area is 133 Å². The number of benzene rings is 1. The van der Waals surface area contributed by atoms with E-state index in [4.69, 9.17) is 28.9 Å². The Balaban J connectivity index is 1.87. The zero-order valence-electron chi connectivity index (χ0n) is 11.5. The Hall–Kier alpha value is -1.30. The number of nitrogens with two attached hydrogens (primary N) is 1. The number of likely N-dealkylation sites (tertiary alicyclic amines) is 1. The fourth-order valence-corrected chi connectivity index (χ4v) is 3.01. The van der Waals surface area contributed by atoms with Crippen LogP contribution in [0.2, 0.25) is 10.0 Å². The molecule has 0 aromatic heterocycles. The Bertz CT molecular complexity index is 523. The van der Waals surface area contributed by atoms with Gasteiger partial charge in [0.05, 0.1) is 28.8 Å². The third-order valence-electron chi connectivity index (χ3n) is 3.73. The molecule has 7 heteroatoms. The molecule has 114 valence electrons. The highest BCUT2D eigenvalue weighted by Crippen LogP contribution is 2.29. The van der Waals surface area contributed by atoms with Crippen LogP contribution in [0.3, 0.4) is 0 Å². The predicted molar refractivity (Wildman–Crippen MR) is 82.6 cm³/mol. The molecule has 2 rings (SSSR count). The summed E-state index contributed by atoms with van der Waals surface area (Å²) in [4.78, 5) is 24.3. The molecule has 5 nitrogen and oxygen atoms in total. The lowest BCUT2D eigenvalue weighted by molar-refractivity contribution is -0.897. The van der Waals surface area contributed by atoms with Gasteiger partial charge in [-0.3, -0.25) is 9.59 Å². The molecule has 0 aliphatic carbocycles. The third-order valence-corrected chi connectivity index (χ3v) is 4.36. The maximum atomic E-state index is 12.1. The largest absolute Gasteiger partial charge is 0.369 e. The number of quaternary nitrogens is 1. The van der Waals surface area contributed by atoms with Crippen molar-refractivity contribution in [2.24, 2.45) is 11.7 Å². The van der Waals surface area contributed by atoms with Crippen LogP contribution in [0, 0.1) is 5.92 Å². The lowest BCUT2D eigenvalue weighted by Gasteiger charge is -2.27. The van der Waals surface area contributed by atoms with E-state index in [0.29, 0.717) is 22.3 Å². The molecular weight excluding hydrogens is 313 g/mol. The Morgan fingerprint density at radius 1 is 1.24 bits per heavy atom. The fraction of sp³-hybridized carbons (Fsp3) is 0.429. The third kappa shape index (κ3) is 4.33. The second kappa shape index (κ2) is 7.11. The molecule has 1 aliphatic rings. The van der Waals surface area contributed by atoms with Crippen LogP contribution in [-0.2, 0) is 9.59 Å². The molecule has 1 aliphatic heterocycles. The SMILES string of the molecule is NC(=O)C1CC[NH+](CC(=O)Nc2c(Cl)cccc2Cl)CC1. The number of hydrogen-bond acceptors (Lipinski definition) is 2. The number of hydrogen-bond donors (Lipinski definition) is 3. The summed E-state index contributed by atoms with van der Waals surface area (Å²) in [6, 6.07) is 5.07. The van der Waals surface area contributed by atoms with Crippen molar-refractivity contribution < 1.29 is 14.5 Å². The van der Waals surface area contributed by atoms with E-state index in [-0.39, 0.29) is 17.7 Å². The van der Waals surface area contributed by atoms with Gasteiger partial charge in [-0.25, -0.2) is 0 Å². The van der Waals surface area contributed by atoms with E-state index >= 15 is 0 Å². The van der Waals surface area contributed by atoms with Crippen molar-refractivity contribution in [1.29, 1.82) is 0 Å². The van der Waals surface area contributed by atoms with Gasteiger partial charge >= 0.3 is 0 Å². The van der Waals surface area contributed by atoms with Crippen LogP contribution in [0.4, 0.5) is 5.69 Å². The number of amides is 2. The highest BCUT2D eigenvalue weighted by molar-refractivity contribution is 6.39. The number of piperidine rings is 1. The number of halogens is 2. The van der Waals surface area contributed by atoms with E-state index in [1.165, 1.54) is 0 Å². The topological polar surface area (TPSA) is 76.6 Å². The minimum absolute atomic E-state index is 0.0603. The van der Waals surface area contributed by atoms with Crippen molar-refractivity contribution in [2.75, 3.05) is 25.0 Å². The summed E-state index contributed by atoms with van der Waals surface area (Å²) in [7, 11) is 0. The predicted octanol–water partition coefficient (Wildman–Crippen LogP) is 0.712. The molecule has 0 spiro atoms. The van der Waals surface area contributed by atoms with Gasteiger partial charge in [-0.1, -0.05) is 29.3 Å². The maximum absolute atomic E-state index is 12.1. The van der Waals surface area contributed by atoms with Crippen molar-refractivity contribution in [2.45, 2.75) is 12.8 Å². The summed E-state index contributed by atoms with van der Waals surface area (Å²) < 4.78 is 0. The van der Waals surface area contributed by atoms with E-state index in [0.717, 1.165) is 30.8 Å². The number of nitrogens with one attached hydrogen (secondary N) is 2. The molecule has 0 bridgehead atoms. The molecule has 4 N–H and O–H groups in total. The van der Waals surface area contributed by atoms with Crippen LogP contribution >= 0.6 is 23.2 Å². The van der Waals surface area contributed by atoms with Gasteiger partial charge in [-0.05, 0) is 12.1 Å². The lowest BCUT2D eigenvalue weighted by Crippen LogP contribution is -3.14. The van der Waals surface area contributed by atoms with Crippen LogP contribution in [0.5, 0.6) is 0 Å². The van der Waals surface area contributed by atoms with Crippen LogP contribution in [0.15, 0.2) is 18.2 Å². The molecule has 1 aromatic carbocycles. The molecule has 1 saturated heterocycles. The summed E-state index contributed by atoms with van der Waals surface area (Å²) >= 11 is 12.0. The van der Waals surface area contributed by atoms with Crippen LogP contribution < -0.4 is 16.0 Å². The normalized spacial score (nSPS) is 21.8. The first-order valence-corrected chi connectivity index (χ1v) is 7.59.